The molecule has 18 heavy (non-hydrogen) atoms. The summed E-state index contributed by atoms with van der Waals surface area (Å²) in [6.07, 6.45) is 8.49. The van der Waals surface area contributed by atoms with E-state index in [0.29, 0.717) is 0 Å². The first-order chi connectivity index (χ1) is 7.86. The fourth-order valence-corrected chi connectivity index (χ4v) is 2.18. The van der Waals surface area contributed by atoms with Crippen LogP contribution in [-0.4, -0.2) is 11.5 Å². The van der Waals surface area contributed by atoms with Gasteiger partial charge in [0.25, 0.3) is 0 Å². The third-order valence-electron chi connectivity index (χ3n) is 1.84. The first kappa shape index (κ1) is 20.7. The van der Waals surface area contributed by atoms with Crippen LogP contribution in [0.3, 0.4) is 0 Å². The van der Waals surface area contributed by atoms with Crippen LogP contribution < -0.4 is 0 Å². The molecule has 0 unspecified atom stereocenters. The predicted octanol–water partition coefficient (Wildman–Crippen LogP) is 6.56. The van der Waals surface area contributed by atoms with Crippen molar-refractivity contribution in [3.63, 3.8) is 0 Å². The van der Waals surface area contributed by atoms with E-state index in [-0.39, 0.29) is 0 Å². The second-order valence-electron chi connectivity index (χ2n) is 4.04. The molecule has 0 atom stereocenters. The van der Waals surface area contributed by atoms with Gasteiger partial charge in [0.05, 0.1) is 0 Å². The van der Waals surface area contributed by atoms with Gasteiger partial charge < -0.3 is 0 Å². The molecule has 0 bridgehead atoms. The maximum absolute atomic E-state index is 10.7. The van der Waals surface area contributed by atoms with Crippen molar-refractivity contribution in [3.05, 3.63) is 0 Å². The van der Waals surface area contributed by atoms with Crippen LogP contribution in [0.1, 0.15) is 52.4 Å². The Labute approximate surface area is 109 Å². The van der Waals surface area contributed by atoms with E-state index in [2.05, 4.69) is 13.8 Å². The third kappa shape index (κ3) is 55.2. The van der Waals surface area contributed by atoms with Gasteiger partial charge in [-0.15, -0.1) is 0 Å². The Morgan fingerprint density at radius 1 is 0.667 bits per heavy atom. The Balaban J connectivity index is 0. The zero-order chi connectivity index (χ0) is 14.8. The molecule has 0 aromatic carbocycles. The molecule has 8 heteroatoms. The molecule has 0 aliphatic carbocycles. The molecule has 0 saturated carbocycles. The van der Waals surface area contributed by atoms with Crippen LogP contribution in [0.15, 0.2) is 0 Å². The van der Waals surface area contributed by atoms with Gasteiger partial charge in [0.2, 0.25) is 0 Å². The molecule has 0 aromatic rings. The summed E-state index contributed by atoms with van der Waals surface area (Å²) in [6, 6.07) is 0. The van der Waals surface area contributed by atoms with Crippen LogP contribution in [0, 0.1) is 0 Å². The van der Waals surface area contributed by atoms with Crippen molar-refractivity contribution in [1.29, 1.82) is 0 Å². The maximum atomic E-state index is 9.87. The van der Waals surface area contributed by atoms with Crippen LogP contribution >= 0.6 is 7.81 Å². The summed E-state index contributed by atoms with van der Waals surface area (Å²) in [5, 5.41) is 0. The summed E-state index contributed by atoms with van der Waals surface area (Å²) >= 11 is 1.69. The summed E-state index contributed by atoms with van der Waals surface area (Å²) in [5.74, 6) is 2.88. The average Bonchev–Trinajstić information content (AvgIpc) is 2.12. The Kier molecular flexibility index (Phi) is 8.99. The summed E-state index contributed by atoms with van der Waals surface area (Å²) in [4.78, 5) is 0. The van der Waals surface area contributed by atoms with Gasteiger partial charge in [-0.3, -0.25) is 0 Å². The van der Waals surface area contributed by atoms with Crippen molar-refractivity contribution in [1.82, 2.24) is 0 Å². The van der Waals surface area contributed by atoms with E-state index in [1.165, 1.54) is 50.0 Å². The van der Waals surface area contributed by atoms with E-state index in [1.54, 1.807) is 11.8 Å². The van der Waals surface area contributed by atoms with Gasteiger partial charge in [0.15, 0.2) is 0 Å². The third-order valence-corrected chi connectivity index (χ3v) is 3.10. The minimum absolute atomic E-state index is 1.37. The molecule has 0 aliphatic rings. The molecular weight excluding hydrogens is 297 g/mol. The zero-order valence-corrected chi connectivity index (χ0v) is 12.6. The second-order valence-corrected chi connectivity index (χ2v) is 7.30. The zero-order valence-electron chi connectivity index (χ0n) is 10.8. The van der Waals surface area contributed by atoms with Crippen LogP contribution in [0.5, 0.6) is 0 Å². The number of rotatable bonds is 8. The van der Waals surface area contributed by atoms with Crippen LogP contribution in [0.25, 0.3) is 0 Å². The van der Waals surface area contributed by atoms with Crippen molar-refractivity contribution in [2.24, 2.45) is 0 Å². The van der Waals surface area contributed by atoms with Gasteiger partial charge in [-0.05, 0) is 37.4 Å². The molecule has 0 spiro atoms. The first-order valence-corrected chi connectivity index (χ1v) is 9.35. The molecule has 0 amide bonds. The van der Waals surface area contributed by atoms with Gasteiger partial charge in [-0.1, -0.05) is 26.7 Å². The number of hydrogen-bond donors (Lipinski definition) is 0. The fraction of sp³-hybridized carbons (Fsp3) is 1.00. The molecule has 0 rings (SSSR count). The Bertz CT molecular complexity index is 180. The number of unbranched alkanes of at least 4 members (excludes halogenated alkanes) is 4. The number of hydrogen-bond acceptors (Lipinski definition) is 0. The van der Waals surface area contributed by atoms with Crippen molar-refractivity contribution in [3.8, 4) is 0 Å². The van der Waals surface area contributed by atoms with E-state index in [1.807, 2.05) is 0 Å². The van der Waals surface area contributed by atoms with Crippen LogP contribution in [0.4, 0.5) is 25.2 Å². The molecule has 0 saturated heterocycles. The molecule has 0 N–H and O–H groups in total. The molecule has 0 heterocycles. The minimum atomic E-state index is -10.7. The van der Waals surface area contributed by atoms with E-state index in [4.69, 9.17) is 0 Å². The standard InChI is InChI=1S/C10H22S.F6P/c1-3-5-7-9-11-10-8-6-4-2;1-7(2,3,4,5)6/h3-10H2,1-2H3;/q;-1/p+1. The molecule has 0 nitrogen and oxygen atoms in total. The SMILES string of the molecule is CCCCC[SH+]CCCCC.F[P-](F)(F)(F)(F)F. The van der Waals surface area contributed by atoms with Crippen molar-refractivity contribution in [2.45, 2.75) is 52.4 Å². The molecule has 0 radical (unpaired) electrons. The normalized spacial score (nSPS) is 15.3. The Hall–Kier alpha value is 0.360. The van der Waals surface area contributed by atoms with Gasteiger partial charge in [0.1, 0.15) is 11.5 Å². The van der Waals surface area contributed by atoms with Crippen molar-refractivity contribution < 1.29 is 25.2 Å². The topological polar surface area (TPSA) is 0 Å². The predicted molar refractivity (Wildman–Crippen MR) is 71.1 cm³/mol. The fourth-order valence-electron chi connectivity index (χ4n) is 1.06. The van der Waals surface area contributed by atoms with Crippen LogP contribution in [-0.2, 0) is 11.8 Å². The van der Waals surface area contributed by atoms with E-state index >= 15 is 0 Å². The summed E-state index contributed by atoms with van der Waals surface area (Å²) in [6.45, 7) is 4.54. The Morgan fingerprint density at radius 3 is 1.17 bits per heavy atom. The quantitative estimate of drug-likeness (QED) is 0.156. The summed E-state index contributed by atoms with van der Waals surface area (Å²) in [5.41, 5.74) is 0. The van der Waals surface area contributed by atoms with Gasteiger partial charge >= 0.3 is 33.0 Å². The molecule has 116 valence electrons. The van der Waals surface area contributed by atoms with Gasteiger partial charge in [-0.25, -0.2) is 0 Å². The van der Waals surface area contributed by atoms with E-state index < -0.39 is 7.81 Å². The van der Waals surface area contributed by atoms with Gasteiger partial charge in [0, 0.05) is 0 Å². The summed E-state index contributed by atoms with van der Waals surface area (Å²) < 4.78 is 59.2. The number of halogens is 6. The molecule has 0 fully saturated rings. The first-order valence-electron chi connectivity index (χ1n) is 6.06. The van der Waals surface area contributed by atoms with Crippen molar-refractivity contribution >= 4 is 19.6 Å². The number of thiol groups is 1. The molecule has 0 aliphatic heterocycles. The van der Waals surface area contributed by atoms with Gasteiger partial charge in [-0.2, -0.15) is 0 Å². The molecule has 0 aromatic heterocycles. The average molecular weight is 320 g/mol. The van der Waals surface area contributed by atoms with E-state index in [9.17, 15) is 25.2 Å². The molecular formula is C10H23F6PS. The monoisotopic (exact) mass is 320 g/mol. The van der Waals surface area contributed by atoms with Crippen LogP contribution in [0.2, 0.25) is 0 Å². The second kappa shape index (κ2) is 7.83. The van der Waals surface area contributed by atoms with E-state index in [0.717, 1.165) is 0 Å². The Morgan fingerprint density at radius 2 is 0.944 bits per heavy atom. The summed E-state index contributed by atoms with van der Waals surface area (Å²) in [7, 11) is -10.7. The van der Waals surface area contributed by atoms with Crippen molar-refractivity contribution in [2.75, 3.05) is 11.5 Å².